The fraction of sp³-hybridized carbons (Fsp3) is 0.321. The fourth-order valence-electron chi connectivity index (χ4n) is 3.59. The van der Waals surface area contributed by atoms with Crippen molar-refractivity contribution in [2.75, 3.05) is 0 Å². The minimum Gasteiger partial charge on any atom is -0.459 e. The van der Waals surface area contributed by atoms with E-state index in [1.165, 1.54) is 25.6 Å². The molecule has 0 spiro atoms. The van der Waals surface area contributed by atoms with Crippen LogP contribution in [0.5, 0.6) is 0 Å². The van der Waals surface area contributed by atoms with E-state index in [4.69, 9.17) is 9.47 Å². The van der Waals surface area contributed by atoms with Crippen LogP contribution in [0, 0.1) is 0 Å². The van der Waals surface area contributed by atoms with Gasteiger partial charge in [-0.1, -0.05) is 23.5 Å². The number of hydrogen-bond acceptors (Lipinski definition) is 9. The van der Waals surface area contributed by atoms with Gasteiger partial charge in [-0.05, 0) is 88.1 Å². The van der Waals surface area contributed by atoms with E-state index in [0.29, 0.717) is 42.4 Å². The summed E-state index contributed by atoms with van der Waals surface area (Å²) in [5.74, 6) is -1.69. The molecule has 0 amide bonds. The van der Waals surface area contributed by atoms with Crippen LogP contribution >= 0.6 is 11.8 Å². The summed E-state index contributed by atoms with van der Waals surface area (Å²) in [7, 11) is 0. The summed E-state index contributed by atoms with van der Waals surface area (Å²) in [5.41, 5.74) is 1.35. The van der Waals surface area contributed by atoms with Gasteiger partial charge < -0.3 is 14.3 Å². The molecular weight excluding hydrogens is 494 g/mol. The van der Waals surface area contributed by atoms with E-state index in [9.17, 15) is 19.2 Å². The molecule has 0 heterocycles. The van der Waals surface area contributed by atoms with Gasteiger partial charge in [0.2, 0.25) is 5.78 Å². The van der Waals surface area contributed by atoms with Gasteiger partial charge >= 0.3 is 17.9 Å². The molecule has 1 aliphatic rings. The summed E-state index contributed by atoms with van der Waals surface area (Å²) in [6.45, 7) is 7.90. The lowest BCUT2D eigenvalue weighted by Gasteiger charge is -2.28. The topological polar surface area (TPSA) is 108 Å². The molecule has 2 aromatic rings. The lowest BCUT2D eigenvalue weighted by atomic mass is 9.95. The standard InChI is InChI=1S/C28H29NO7S/c1-17(2)27(32)34-22-9-11-23(12-10-22)35-28(33)21-7-15-25(16-8-21)37-24-13-5-20(6-14-24)26(31)18(3)29-36-19(4)30/h5-8,13-16,22-23H,1,9-12H2,2-4H3/b29-18+. The average molecular weight is 524 g/mol. The molecule has 2 aromatic carbocycles. The van der Waals surface area contributed by atoms with Gasteiger partial charge in [0.05, 0.1) is 5.56 Å². The third-order valence-corrected chi connectivity index (χ3v) is 6.61. The number of nitrogens with zero attached hydrogens (tertiary/aromatic N) is 1. The van der Waals surface area contributed by atoms with E-state index in [2.05, 4.69) is 16.6 Å². The molecule has 0 aliphatic heterocycles. The van der Waals surface area contributed by atoms with Crippen LogP contribution in [0.3, 0.4) is 0 Å². The van der Waals surface area contributed by atoms with Crippen LogP contribution < -0.4 is 0 Å². The summed E-state index contributed by atoms with van der Waals surface area (Å²) >= 11 is 1.48. The highest BCUT2D eigenvalue weighted by Gasteiger charge is 2.26. The number of oxime groups is 1. The van der Waals surface area contributed by atoms with Crippen LogP contribution in [-0.4, -0.2) is 41.6 Å². The Bertz CT molecular complexity index is 1190. The zero-order valence-corrected chi connectivity index (χ0v) is 21.8. The summed E-state index contributed by atoms with van der Waals surface area (Å²) in [5, 5.41) is 3.52. The zero-order valence-electron chi connectivity index (χ0n) is 21.0. The van der Waals surface area contributed by atoms with Crippen molar-refractivity contribution in [3.63, 3.8) is 0 Å². The summed E-state index contributed by atoms with van der Waals surface area (Å²) in [4.78, 5) is 53.8. The van der Waals surface area contributed by atoms with Gasteiger partial charge in [0, 0.05) is 27.9 Å². The van der Waals surface area contributed by atoms with Gasteiger partial charge in [-0.15, -0.1) is 0 Å². The first-order valence-corrected chi connectivity index (χ1v) is 12.7. The number of Topliss-reactive ketones (excluding diaryl/α,β-unsaturated/α-hetero) is 1. The number of carbonyl (C=O) groups is 4. The number of esters is 2. The van der Waals surface area contributed by atoms with Crippen molar-refractivity contribution in [2.24, 2.45) is 5.16 Å². The maximum Gasteiger partial charge on any atom is 0.338 e. The molecule has 1 saturated carbocycles. The molecular formula is C28H29NO7S. The number of ketones is 1. The van der Waals surface area contributed by atoms with Crippen molar-refractivity contribution in [1.82, 2.24) is 0 Å². The molecule has 3 rings (SSSR count). The Hall–Kier alpha value is -3.72. The lowest BCUT2D eigenvalue weighted by Crippen LogP contribution is -2.29. The minimum atomic E-state index is -0.593. The molecule has 0 radical (unpaired) electrons. The molecule has 194 valence electrons. The van der Waals surface area contributed by atoms with Crippen molar-refractivity contribution in [2.45, 2.75) is 68.5 Å². The van der Waals surface area contributed by atoms with Crippen LogP contribution in [0.2, 0.25) is 0 Å². The first-order valence-electron chi connectivity index (χ1n) is 11.8. The maximum absolute atomic E-state index is 12.6. The van der Waals surface area contributed by atoms with E-state index in [0.717, 1.165) is 9.79 Å². The Labute approximate surface area is 220 Å². The number of benzene rings is 2. The highest BCUT2D eigenvalue weighted by Crippen LogP contribution is 2.29. The predicted molar refractivity (Wildman–Crippen MR) is 139 cm³/mol. The van der Waals surface area contributed by atoms with E-state index in [1.807, 2.05) is 24.3 Å². The Kier molecular flexibility index (Phi) is 9.79. The normalized spacial score (nSPS) is 17.4. The van der Waals surface area contributed by atoms with Crippen molar-refractivity contribution >= 4 is 41.2 Å². The fourth-order valence-corrected chi connectivity index (χ4v) is 4.41. The maximum atomic E-state index is 12.6. The quantitative estimate of drug-likeness (QED) is 0.105. The third-order valence-electron chi connectivity index (χ3n) is 5.60. The second kappa shape index (κ2) is 13.0. The van der Waals surface area contributed by atoms with E-state index in [-0.39, 0.29) is 35.6 Å². The Morgan fingerprint density at radius 1 is 0.784 bits per heavy atom. The summed E-state index contributed by atoms with van der Waals surface area (Å²) < 4.78 is 11.0. The summed E-state index contributed by atoms with van der Waals surface area (Å²) in [6, 6.07) is 14.1. The Morgan fingerprint density at radius 2 is 1.27 bits per heavy atom. The number of hydrogen-bond donors (Lipinski definition) is 0. The van der Waals surface area contributed by atoms with Crippen LogP contribution in [0.25, 0.3) is 0 Å². The largest absolute Gasteiger partial charge is 0.459 e. The average Bonchev–Trinajstić information content (AvgIpc) is 2.88. The molecule has 0 unspecified atom stereocenters. The third kappa shape index (κ3) is 8.42. The van der Waals surface area contributed by atoms with Gasteiger partial charge in [-0.2, -0.15) is 0 Å². The first-order chi connectivity index (χ1) is 17.6. The van der Waals surface area contributed by atoms with Gasteiger partial charge in [0.1, 0.15) is 17.9 Å². The van der Waals surface area contributed by atoms with Crippen molar-refractivity contribution < 1.29 is 33.5 Å². The van der Waals surface area contributed by atoms with Crippen LogP contribution in [0.4, 0.5) is 0 Å². The lowest BCUT2D eigenvalue weighted by molar-refractivity contribution is -0.146. The highest BCUT2D eigenvalue weighted by atomic mass is 32.2. The molecule has 0 atom stereocenters. The van der Waals surface area contributed by atoms with Gasteiger partial charge in [-0.3, -0.25) is 4.79 Å². The van der Waals surface area contributed by atoms with E-state index >= 15 is 0 Å². The monoisotopic (exact) mass is 523 g/mol. The number of rotatable bonds is 9. The van der Waals surface area contributed by atoms with Crippen LogP contribution in [0.15, 0.2) is 75.6 Å². The molecule has 9 heteroatoms. The number of ether oxygens (including phenoxy) is 2. The Morgan fingerprint density at radius 3 is 1.76 bits per heavy atom. The molecule has 0 aromatic heterocycles. The highest BCUT2D eigenvalue weighted by molar-refractivity contribution is 7.99. The van der Waals surface area contributed by atoms with Crippen LogP contribution in [0.1, 0.15) is 67.2 Å². The van der Waals surface area contributed by atoms with E-state index in [1.54, 1.807) is 31.2 Å². The van der Waals surface area contributed by atoms with Gasteiger partial charge in [-0.25, -0.2) is 14.4 Å². The Balaban J connectivity index is 1.49. The molecule has 1 aliphatic carbocycles. The molecule has 0 bridgehead atoms. The molecule has 1 fully saturated rings. The molecule has 0 saturated heterocycles. The van der Waals surface area contributed by atoms with Gasteiger partial charge in [0.15, 0.2) is 0 Å². The molecule has 37 heavy (non-hydrogen) atoms. The molecule has 0 N–H and O–H groups in total. The van der Waals surface area contributed by atoms with Crippen LogP contribution in [-0.2, 0) is 23.9 Å². The number of carbonyl (C=O) groups excluding carboxylic acids is 4. The first kappa shape index (κ1) is 27.9. The van der Waals surface area contributed by atoms with E-state index < -0.39 is 5.97 Å². The van der Waals surface area contributed by atoms with Crippen molar-refractivity contribution in [3.05, 3.63) is 71.8 Å². The SMILES string of the molecule is C=C(C)C(=O)OC1CCC(OC(=O)c2ccc(Sc3ccc(C(=O)/C(C)=N/OC(C)=O)cc3)cc2)CC1. The predicted octanol–water partition coefficient (Wildman–Crippen LogP) is 5.55. The van der Waals surface area contributed by atoms with Gasteiger partial charge in [0.25, 0.3) is 0 Å². The summed E-state index contributed by atoms with van der Waals surface area (Å²) in [6.07, 6.45) is 2.21. The smallest absolute Gasteiger partial charge is 0.338 e. The molecule has 8 nitrogen and oxygen atoms in total. The minimum absolute atomic E-state index is 0.0809. The zero-order chi connectivity index (χ0) is 26.9. The van der Waals surface area contributed by atoms with Crippen molar-refractivity contribution in [3.8, 4) is 0 Å². The second-order valence-electron chi connectivity index (χ2n) is 8.73. The van der Waals surface area contributed by atoms with Crippen molar-refractivity contribution in [1.29, 1.82) is 0 Å². The second-order valence-corrected chi connectivity index (χ2v) is 9.88.